The van der Waals surface area contributed by atoms with Crippen LogP contribution in [-0.4, -0.2) is 16.3 Å². The van der Waals surface area contributed by atoms with E-state index in [0.29, 0.717) is 24.1 Å². The van der Waals surface area contributed by atoms with Gasteiger partial charge in [0.1, 0.15) is 11.6 Å². The van der Waals surface area contributed by atoms with E-state index >= 15 is 0 Å². The summed E-state index contributed by atoms with van der Waals surface area (Å²) in [4.78, 5) is 18.7. The maximum Gasteiger partial charge on any atom is 0.155 e. The van der Waals surface area contributed by atoms with Crippen LogP contribution in [0.2, 0.25) is 0 Å². The molecule has 0 saturated heterocycles. The van der Waals surface area contributed by atoms with E-state index in [1.54, 1.807) is 0 Å². The number of nitrogens with two attached hydrogens (primary N) is 1. The number of nitrogen functional groups attached to an aromatic ring is 1. The van der Waals surface area contributed by atoms with Gasteiger partial charge in [-0.05, 0) is 5.56 Å². The first-order valence-electron chi connectivity index (χ1n) is 4.90. The summed E-state index contributed by atoms with van der Waals surface area (Å²) in [6.07, 6.45) is 2.72. The van der Waals surface area contributed by atoms with Crippen LogP contribution in [0.4, 0.5) is 5.82 Å². The molecule has 0 aliphatic rings. The lowest BCUT2D eigenvalue weighted by Crippen LogP contribution is -2.03. The van der Waals surface area contributed by atoms with Crippen LogP contribution < -0.4 is 5.73 Å². The topological polar surface area (TPSA) is 68.9 Å². The normalized spacial score (nSPS) is 10.0. The van der Waals surface area contributed by atoms with Crippen LogP contribution in [-0.2, 0) is 6.42 Å². The minimum Gasteiger partial charge on any atom is -0.383 e. The van der Waals surface area contributed by atoms with Gasteiger partial charge in [-0.15, -0.1) is 0 Å². The van der Waals surface area contributed by atoms with E-state index in [-0.39, 0.29) is 5.82 Å². The first-order valence-corrected chi connectivity index (χ1v) is 4.90. The highest BCUT2D eigenvalue weighted by atomic mass is 16.1. The van der Waals surface area contributed by atoms with Crippen LogP contribution >= 0.6 is 0 Å². The molecule has 2 rings (SSSR count). The molecule has 0 spiro atoms. The predicted octanol–water partition coefficient (Wildman–Crippen LogP) is 1.46. The van der Waals surface area contributed by atoms with Crippen molar-refractivity contribution in [3.05, 3.63) is 53.5 Å². The van der Waals surface area contributed by atoms with Crippen molar-refractivity contribution in [3.8, 4) is 0 Å². The summed E-state index contributed by atoms with van der Waals surface area (Å²) in [6.45, 7) is 0. The third kappa shape index (κ3) is 2.23. The lowest BCUT2D eigenvalue weighted by Gasteiger charge is -2.02. The average Bonchev–Trinajstić information content (AvgIpc) is 2.31. The summed E-state index contributed by atoms with van der Waals surface area (Å²) in [5, 5.41) is 0. The van der Waals surface area contributed by atoms with Gasteiger partial charge in [0.15, 0.2) is 6.29 Å². The summed E-state index contributed by atoms with van der Waals surface area (Å²) in [7, 11) is 0. The van der Waals surface area contributed by atoms with E-state index < -0.39 is 0 Å². The van der Waals surface area contributed by atoms with Crippen LogP contribution in [0, 0.1) is 0 Å². The minimum absolute atomic E-state index is 0.232. The highest BCUT2D eigenvalue weighted by molar-refractivity contribution is 5.80. The molecule has 0 atom stereocenters. The summed E-state index contributed by atoms with van der Waals surface area (Å²) in [5.41, 5.74) is 7.05. The average molecular weight is 213 g/mol. The number of hydrogen-bond acceptors (Lipinski definition) is 4. The van der Waals surface area contributed by atoms with E-state index in [1.807, 2.05) is 30.3 Å². The molecule has 4 heteroatoms. The number of aromatic nitrogens is 2. The zero-order chi connectivity index (χ0) is 11.4. The monoisotopic (exact) mass is 213 g/mol. The maximum atomic E-state index is 10.5. The molecular formula is C12H11N3O. The third-order valence-electron chi connectivity index (χ3n) is 2.23. The first-order chi connectivity index (χ1) is 7.79. The minimum atomic E-state index is 0.232. The van der Waals surface area contributed by atoms with Crippen molar-refractivity contribution in [2.75, 3.05) is 5.73 Å². The van der Waals surface area contributed by atoms with E-state index in [4.69, 9.17) is 5.73 Å². The smallest absolute Gasteiger partial charge is 0.155 e. The van der Waals surface area contributed by atoms with Crippen LogP contribution in [0.5, 0.6) is 0 Å². The van der Waals surface area contributed by atoms with Crippen molar-refractivity contribution < 1.29 is 4.79 Å². The summed E-state index contributed by atoms with van der Waals surface area (Å²) in [6, 6.07) is 9.85. The number of benzene rings is 1. The Morgan fingerprint density at radius 2 is 2.00 bits per heavy atom. The summed E-state index contributed by atoms with van der Waals surface area (Å²) < 4.78 is 0. The van der Waals surface area contributed by atoms with Crippen molar-refractivity contribution in [2.45, 2.75) is 6.42 Å². The molecule has 80 valence electrons. The zero-order valence-corrected chi connectivity index (χ0v) is 8.63. The van der Waals surface area contributed by atoms with Gasteiger partial charge in [0.05, 0.1) is 5.56 Å². The molecule has 0 radical (unpaired) electrons. The Morgan fingerprint density at radius 3 is 2.62 bits per heavy atom. The molecule has 0 bridgehead atoms. The molecule has 1 aromatic heterocycles. The second-order valence-electron chi connectivity index (χ2n) is 3.41. The SMILES string of the molecule is Nc1nc(Cc2ccccc2)ncc1C=O. The number of carbonyl (C=O) groups excluding carboxylic acids is 1. The van der Waals surface area contributed by atoms with Gasteiger partial charge in [0, 0.05) is 12.6 Å². The highest BCUT2D eigenvalue weighted by Gasteiger charge is 2.03. The fourth-order valence-corrected chi connectivity index (χ4v) is 1.40. The Hall–Kier alpha value is -2.23. The highest BCUT2D eigenvalue weighted by Crippen LogP contribution is 2.08. The number of anilines is 1. The van der Waals surface area contributed by atoms with Gasteiger partial charge in [0.2, 0.25) is 0 Å². The quantitative estimate of drug-likeness (QED) is 0.784. The molecule has 1 heterocycles. The second kappa shape index (κ2) is 4.53. The van der Waals surface area contributed by atoms with Crippen LogP contribution in [0.25, 0.3) is 0 Å². The molecule has 16 heavy (non-hydrogen) atoms. The lowest BCUT2D eigenvalue weighted by atomic mass is 10.1. The lowest BCUT2D eigenvalue weighted by molar-refractivity contribution is 0.112. The van der Waals surface area contributed by atoms with Gasteiger partial charge < -0.3 is 5.73 Å². The molecule has 0 aliphatic carbocycles. The Labute approximate surface area is 93.2 Å². The summed E-state index contributed by atoms with van der Waals surface area (Å²) in [5.74, 6) is 0.852. The third-order valence-corrected chi connectivity index (χ3v) is 2.23. The van der Waals surface area contributed by atoms with E-state index in [0.717, 1.165) is 5.56 Å². The van der Waals surface area contributed by atoms with Gasteiger partial charge in [-0.3, -0.25) is 4.79 Å². The van der Waals surface area contributed by atoms with E-state index in [9.17, 15) is 4.79 Å². The molecular weight excluding hydrogens is 202 g/mol. The molecule has 0 aliphatic heterocycles. The van der Waals surface area contributed by atoms with Gasteiger partial charge >= 0.3 is 0 Å². The van der Waals surface area contributed by atoms with Crippen molar-refractivity contribution in [3.63, 3.8) is 0 Å². The summed E-state index contributed by atoms with van der Waals surface area (Å²) >= 11 is 0. The van der Waals surface area contributed by atoms with Gasteiger partial charge in [0.25, 0.3) is 0 Å². The fraction of sp³-hybridized carbons (Fsp3) is 0.0833. The molecule has 4 nitrogen and oxygen atoms in total. The molecule has 0 amide bonds. The molecule has 0 unspecified atom stereocenters. The van der Waals surface area contributed by atoms with E-state index in [2.05, 4.69) is 9.97 Å². The van der Waals surface area contributed by atoms with Crippen molar-refractivity contribution in [1.29, 1.82) is 0 Å². The molecule has 0 saturated carbocycles. The maximum absolute atomic E-state index is 10.5. The molecule has 2 N–H and O–H groups in total. The Kier molecular flexibility index (Phi) is 2.91. The number of rotatable bonds is 3. The van der Waals surface area contributed by atoms with Gasteiger partial charge in [-0.1, -0.05) is 30.3 Å². The van der Waals surface area contributed by atoms with Crippen molar-refractivity contribution in [1.82, 2.24) is 9.97 Å². The Balaban J connectivity index is 2.23. The number of carbonyl (C=O) groups is 1. The van der Waals surface area contributed by atoms with Crippen LogP contribution in [0.1, 0.15) is 21.7 Å². The van der Waals surface area contributed by atoms with Crippen LogP contribution in [0.15, 0.2) is 36.5 Å². The first kappa shape index (κ1) is 10.3. The zero-order valence-electron chi connectivity index (χ0n) is 8.63. The standard InChI is InChI=1S/C12H11N3O/c13-12-10(8-16)7-14-11(15-12)6-9-4-2-1-3-5-9/h1-5,7-8H,6H2,(H2,13,14,15). The van der Waals surface area contributed by atoms with Crippen molar-refractivity contribution in [2.24, 2.45) is 0 Å². The van der Waals surface area contributed by atoms with Crippen LogP contribution in [0.3, 0.4) is 0 Å². The Bertz CT molecular complexity index is 497. The largest absolute Gasteiger partial charge is 0.383 e. The predicted molar refractivity (Wildman–Crippen MR) is 61.1 cm³/mol. The fourth-order valence-electron chi connectivity index (χ4n) is 1.40. The number of hydrogen-bond donors (Lipinski definition) is 1. The number of aldehydes is 1. The number of nitrogens with zero attached hydrogens (tertiary/aromatic N) is 2. The van der Waals surface area contributed by atoms with E-state index in [1.165, 1.54) is 6.20 Å². The Morgan fingerprint density at radius 1 is 1.25 bits per heavy atom. The van der Waals surface area contributed by atoms with Gasteiger partial charge in [-0.2, -0.15) is 0 Å². The second-order valence-corrected chi connectivity index (χ2v) is 3.41. The molecule has 1 aromatic carbocycles. The molecule has 0 fully saturated rings. The van der Waals surface area contributed by atoms with Gasteiger partial charge in [-0.25, -0.2) is 9.97 Å². The molecule has 2 aromatic rings. The van der Waals surface area contributed by atoms with Crippen molar-refractivity contribution >= 4 is 12.1 Å².